The molecular weight excluding hydrogens is 242 g/mol. The van der Waals surface area contributed by atoms with E-state index in [2.05, 4.69) is 5.32 Å². The molecule has 0 aliphatic rings. The van der Waals surface area contributed by atoms with E-state index in [4.69, 9.17) is 4.74 Å². The maximum Gasteiger partial charge on any atom is 0.292 e. The van der Waals surface area contributed by atoms with Crippen molar-refractivity contribution in [2.45, 2.75) is 27.7 Å². The fourth-order valence-corrected chi connectivity index (χ4v) is 1.75. The molecule has 1 amide bonds. The average Bonchev–Trinajstić information content (AvgIpc) is 2.37. The quantitative estimate of drug-likeness (QED) is 0.655. The lowest BCUT2D eigenvalue weighted by Gasteiger charge is -2.11. The SMILES string of the molecule is COc1cc(C)c(C(=O)C(=O)NCC(C)C)cc1C. The van der Waals surface area contributed by atoms with Crippen LogP contribution in [0.3, 0.4) is 0 Å². The predicted molar refractivity (Wildman–Crippen MR) is 74.6 cm³/mol. The summed E-state index contributed by atoms with van der Waals surface area (Å²) < 4.78 is 5.19. The van der Waals surface area contributed by atoms with Gasteiger partial charge in [0.1, 0.15) is 5.75 Å². The smallest absolute Gasteiger partial charge is 0.292 e. The molecule has 4 nitrogen and oxygen atoms in total. The Hall–Kier alpha value is -1.84. The molecule has 1 N–H and O–H groups in total. The Morgan fingerprint density at radius 3 is 2.37 bits per heavy atom. The van der Waals surface area contributed by atoms with Crippen molar-refractivity contribution in [3.63, 3.8) is 0 Å². The van der Waals surface area contributed by atoms with E-state index in [1.54, 1.807) is 26.2 Å². The first kappa shape index (κ1) is 15.2. The van der Waals surface area contributed by atoms with E-state index in [-0.39, 0.29) is 0 Å². The van der Waals surface area contributed by atoms with Crippen LogP contribution >= 0.6 is 0 Å². The second-order valence-electron chi connectivity index (χ2n) is 5.07. The molecule has 104 valence electrons. The number of aryl methyl sites for hydroxylation is 2. The molecule has 4 heteroatoms. The van der Waals surface area contributed by atoms with Gasteiger partial charge in [-0.25, -0.2) is 0 Å². The Balaban J connectivity index is 2.94. The fourth-order valence-electron chi connectivity index (χ4n) is 1.75. The van der Waals surface area contributed by atoms with Gasteiger partial charge in [0.05, 0.1) is 7.11 Å². The second-order valence-corrected chi connectivity index (χ2v) is 5.07. The molecule has 0 aromatic heterocycles. The largest absolute Gasteiger partial charge is 0.496 e. The van der Waals surface area contributed by atoms with Crippen LogP contribution in [-0.4, -0.2) is 25.3 Å². The Morgan fingerprint density at radius 2 is 1.84 bits per heavy atom. The predicted octanol–water partition coefficient (Wildman–Crippen LogP) is 2.27. The van der Waals surface area contributed by atoms with Crippen molar-refractivity contribution in [2.75, 3.05) is 13.7 Å². The van der Waals surface area contributed by atoms with Crippen molar-refractivity contribution in [3.05, 3.63) is 28.8 Å². The van der Waals surface area contributed by atoms with E-state index in [0.29, 0.717) is 18.0 Å². The van der Waals surface area contributed by atoms with Gasteiger partial charge in [-0.15, -0.1) is 0 Å². The zero-order valence-corrected chi connectivity index (χ0v) is 12.2. The summed E-state index contributed by atoms with van der Waals surface area (Å²) in [7, 11) is 1.58. The molecule has 1 aromatic rings. The molecule has 0 unspecified atom stereocenters. The third-order valence-corrected chi connectivity index (χ3v) is 2.86. The lowest BCUT2D eigenvalue weighted by molar-refractivity contribution is -0.117. The normalized spacial score (nSPS) is 10.4. The zero-order chi connectivity index (χ0) is 14.6. The van der Waals surface area contributed by atoms with E-state index in [0.717, 1.165) is 16.9 Å². The van der Waals surface area contributed by atoms with E-state index >= 15 is 0 Å². The highest BCUT2D eigenvalue weighted by molar-refractivity contribution is 6.43. The number of hydrogen-bond donors (Lipinski definition) is 1. The molecule has 0 saturated carbocycles. The summed E-state index contributed by atoms with van der Waals surface area (Å²) in [6.07, 6.45) is 0. The Kier molecular flexibility index (Phi) is 5.10. The highest BCUT2D eigenvalue weighted by Gasteiger charge is 2.19. The van der Waals surface area contributed by atoms with Gasteiger partial charge in [0.15, 0.2) is 0 Å². The number of amides is 1. The number of carbonyl (C=O) groups excluding carboxylic acids is 2. The van der Waals surface area contributed by atoms with E-state index in [9.17, 15) is 9.59 Å². The monoisotopic (exact) mass is 263 g/mol. The Morgan fingerprint density at radius 1 is 1.21 bits per heavy atom. The fraction of sp³-hybridized carbons (Fsp3) is 0.467. The van der Waals surface area contributed by atoms with Crippen LogP contribution < -0.4 is 10.1 Å². The van der Waals surface area contributed by atoms with Gasteiger partial charge in [-0.1, -0.05) is 13.8 Å². The van der Waals surface area contributed by atoms with Crippen LogP contribution in [0.4, 0.5) is 0 Å². The van der Waals surface area contributed by atoms with Crippen molar-refractivity contribution in [2.24, 2.45) is 5.92 Å². The van der Waals surface area contributed by atoms with E-state index < -0.39 is 11.7 Å². The van der Waals surface area contributed by atoms with Gasteiger partial charge in [0.25, 0.3) is 5.91 Å². The number of methoxy groups -OCH3 is 1. The number of benzene rings is 1. The molecule has 19 heavy (non-hydrogen) atoms. The second kappa shape index (κ2) is 6.36. The van der Waals surface area contributed by atoms with Crippen LogP contribution in [0.15, 0.2) is 12.1 Å². The lowest BCUT2D eigenvalue weighted by atomic mass is 10.0. The van der Waals surface area contributed by atoms with Gasteiger partial charge in [0.2, 0.25) is 5.78 Å². The third kappa shape index (κ3) is 3.81. The zero-order valence-electron chi connectivity index (χ0n) is 12.2. The summed E-state index contributed by atoms with van der Waals surface area (Å²) in [6.45, 7) is 8.10. The van der Waals surface area contributed by atoms with Crippen LogP contribution in [0.1, 0.15) is 35.3 Å². The molecule has 0 heterocycles. The average molecular weight is 263 g/mol. The minimum Gasteiger partial charge on any atom is -0.496 e. The number of ketones is 1. The summed E-state index contributed by atoms with van der Waals surface area (Å²) in [5.74, 6) is -0.0163. The maximum absolute atomic E-state index is 12.1. The van der Waals surface area contributed by atoms with Gasteiger partial charge >= 0.3 is 0 Å². The highest BCUT2D eigenvalue weighted by atomic mass is 16.5. The molecule has 0 radical (unpaired) electrons. The van der Waals surface area contributed by atoms with Gasteiger partial charge in [0, 0.05) is 12.1 Å². The first-order chi connectivity index (χ1) is 8.86. The molecule has 0 bridgehead atoms. The van der Waals surface area contributed by atoms with Crippen LogP contribution in [0, 0.1) is 19.8 Å². The number of rotatable bonds is 5. The van der Waals surface area contributed by atoms with E-state index in [1.165, 1.54) is 0 Å². The van der Waals surface area contributed by atoms with E-state index in [1.807, 2.05) is 20.8 Å². The van der Waals surface area contributed by atoms with Crippen LogP contribution in [0.25, 0.3) is 0 Å². The topological polar surface area (TPSA) is 55.4 Å². The van der Waals surface area contributed by atoms with Crippen LogP contribution in [0.2, 0.25) is 0 Å². The summed E-state index contributed by atoms with van der Waals surface area (Å²) in [4.78, 5) is 23.9. The third-order valence-electron chi connectivity index (χ3n) is 2.86. The molecule has 1 rings (SSSR count). The molecule has 0 atom stereocenters. The number of Topliss-reactive ketones (excluding diaryl/α,β-unsaturated/α-hetero) is 1. The number of ether oxygens (including phenoxy) is 1. The molecule has 1 aromatic carbocycles. The molecular formula is C15H21NO3. The lowest BCUT2D eigenvalue weighted by Crippen LogP contribution is -2.34. The Bertz CT molecular complexity index is 492. The van der Waals surface area contributed by atoms with Crippen LogP contribution in [-0.2, 0) is 4.79 Å². The molecule has 0 aliphatic heterocycles. The summed E-state index contributed by atoms with van der Waals surface area (Å²) in [5, 5.41) is 2.64. The first-order valence-corrected chi connectivity index (χ1v) is 6.34. The minimum absolute atomic E-state index is 0.315. The van der Waals surface area contributed by atoms with Crippen molar-refractivity contribution in [1.29, 1.82) is 0 Å². The molecule has 0 aliphatic carbocycles. The highest BCUT2D eigenvalue weighted by Crippen LogP contribution is 2.22. The van der Waals surface area contributed by atoms with Crippen molar-refractivity contribution in [3.8, 4) is 5.75 Å². The van der Waals surface area contributed by atoms with Gasteiger partial charge in [-0.3, -0.25) is 9.59 Å². The maximum atomic E-state index is 12.1. The van der Waals surface area contributed by atoms with Gasteiger partial charge in [-0.05, 0) is 43.0 Å². The standard InChI is InChI=1S/C15H21NO3/c1-9(2)8-16-15(18)14(17)12-6-11(4)13(19-5)7-10(12)3/h6-7,9H,8H2,1-5H3,(H,16,18). The molecule has 0 spiro atoms. The number of nitrogens with one attached hydrogen (secondary N) is 1. The van der Waals surface area contributed by atoms with Crippen LogP contribution in [0.5, 0.6) is 5.75 Å². The summed E-state index contributed by atoms with van der Waals surface area (Å²) >= 11 is 0. The Labute approximate surface area is 114 Å². The minimum atomic E-state index is -0.554. The molecule has 0 saturated heterocycles. The number of hydrogen-bond acceptors (Lipinski definition) is 3. The first-order valence-electron chi connectivity index (χ1n) is 6.34. The van der Waals surface area contributed by atoms with Crippen molar-refractivity contribution in [1.82, 2.24) is 5.32 Å². The summed E-state index contributed by atoms with van der Waals surface area (Å²) in [5.41, 5.74) is 2.01. The number of carbonyl (C=O) groups is 2. The van der Waals surface area contributed by atoms with Crippen molar-refractivity contribution < 1.29 is 14.3 Å². The van der Waals surface area contributed by atoms with Gasteiger partial charge < -0.3 is 10.1 Å². The molecule has 0 fully saturated rings. The van der Waals surface area contributed by atoms with Crippen molar-refractivity contribution >= 4 is 11.7 Å². The van der Waals surface area contributed by atoms with Gasteiger partial charge in [-0.2, -0.15) is 0 Å². The summed E-state index contributed by atoms with van der Waals surface area (Å²) in [6, 6.07) is 3.48.